The van der Waals surface area contributed by atoms with Gasteiger partial charge in [0.1, 0.15) is 0 Å². The molecule has 0 bridgehead atoms. The first kappa shape index (κ1) is 33.7. The van der Waals surface area contributed by atoms with Gasteiger partial charge in [-0.1, -0.05) is 193 Å². The number of hydrogen-bond donors (Lipinski definition) is 0. The summed E-state index contributed by atoms with van der Waals surface area (Å²) >= 11 is 0. The second-order valence-electron chi connectivity index (χ2n) is 11.2. The normalized spacial score (nSPS) is 11.7. The average Bonchev–Trinajstić information content (AvgIpc) is 2.85. The molecule has 34 heavy (non-hydrogen) atoms. The highest BCUT2D eigenvalue weighted by Crippen LogP contribution is 2.15. The standard InChI is InChI=1S/C34H68/c1-3-5-7-9-11-13-15-17-19-21-23-25-27-29-31-33-34-32-30-28-26-24-22-20-18-16-14-12-10-8-6-4-2/h17,19H,3-16,18,20-34H2,1-2H3/i32+2. The van der Waals surface area contributed by atoms with Crippen molar-refractivity contribution in [3.05, 3.63) is 12.2 Å². The zero-order chi connectivity index (χ0) is 24.6. The van der Waals surface area contributed by atoms with Crippen molar-refractivity contribution in [2.45, 2.75) is 206 Å². The Kier molecular flexibility index (Phi) is 32.5. The Hall–Kier alpha value is -0.260. The van der Waals surface area contributed by atoms with E-state index in [4.69, 9.17) is 0 Å². The predicted molar refractivity (Wildman–Crippen MR) is 159 cm³/mol. The van der Waals surface area contributed by atoms with Gasteiger partial charge in [0.05, 0.1) is 0 Å². The third-order valence-corrected chi connectivity index (χ3v) is 7.62. The summed E-state index contributed by atoms with van der Waals surface area (Å²) in [6.45, 7) is 4.60. The summed E-state index contributed by atoms with van der Waals surface area (Å²) in [5.74, 6) is 0. The van der Waals surface area contributed by atoms with Crippen molar-refractivity contribution < 1.29 is 0 Å². The zero-order valence-corrected chi connectivity index (χ0v) is 24.4. The van der Waals surface area contributed by atoms with Crippen molar-refractivity contribution in [1.29, 1.82) is 0 Å². The van der Waals surface area contributed by atoms with Gasteiger partial charge >= 0.3 is 0 Å². The van der Waals surface area contributed by atoms with Crippen molar-refractivity contribution in [1.82, 2.24) is 0 Å². The van der Waals surface area contributed by atoms with Gasteiger partial charge in [0.2, 0.25) is 0 Å². The van der Waals surface area contributed by atoms with Crippen molar-refractivity contribution in [3.63, 3.8) is 0 Å². The van der Waals surface area contributed by atoms with E-state index in [9.17, 15) is 0 Å². The van der Waals surface area contributed by atoms with E-state index in [1.807, 2.05) is 0 Å². The van der Waals surface area contributed by atoms with Crippen molar-refractivity contribution in [2.24, 2.45) is 0 Å². The molecule has 0 heteroatoms. The summed E-state index contributed by atoms with van der Waals surface area (Å²) in [4.78, 5) is 0. The van der Waals surface area contributed by atoms with Gasteiger partial charge in [-0.25, -0.2) is 0 Å². The van der Waals surface area contributed by atoms with E-state index in [0.717, 1.165) is 0 Å². The highest BCUT2D eigenvalue weighted by Gasteiger charge is 1.96. The molecule has 204 valence electrons. The highest BCUT2D eigenvalue weighted by molar-refractivity contribution is 4.81. The van der Waals surface area contributed by atoms with Crippen LogP contribution in [0.25, 0.3) is 0 Å². The Morgan fingerprint density at radius 2 is 0.588 bits per heavy atom. The van der Waals surface area contributed by atoms with Gasteiger partial charge in [-0.15, -0.1) is 0 Å². The third kappa shape index (κ3) is 31.7. The maximum atomic E-state index is 2.45. The van der Waals surface area contributed by atoms with Crippen LogP contribution in [0.1, 0.15) is 206 Å². The molecule has 0 nitrogen and oxygen atoms in total. The van der Waals surface area contributed by atoms with E-state index in [-0.39, 0.29) is 0 Å². The van der Waals surface area contributed by atoms with E-state index < -0.39 is 0 Å². The van der Waals surface area contributed by atoms with Crippen LogP contribution in [0.4, 0.5) is 0 Å². The predicted octanol–water partition coefficient (Wildman–Crippen LogP) is 13.3. The van der Waals surface area contributed by atoms with Crippen molar-refractivity contribution in [2.75, 3.05) is 0 Å². The quantitative estimate of drug-likeness (QED) is 0.0711. The van der Waals surface area contributed by atoms with Crippen LogP contribution < -0.4 is 0 Å². The first-order chi connectivity index (χ1) is 16.9. The Morgan fingerprint density at radius 3 is 0.912 bits per heavy atom. The van der Waals surface area contributed by atoms with Crippen molar-refractivity contribution >= 4 is 0 Å². The lowest BCUT2D eigenvalue weighted by Gasteiger charge is -2.04. The van der Waals surface area contributed by atoms with Crippen LogP contribution in [-0.4, -0.2) is 0 Å². The number of rotatable bonds is 30. The van der Waals surface area contributed by atoms with Gasteiger partial charge in [-0.05, 0) is 25.7 Å². The molecule has 0 radical (unpaired) electrons. The summed E-state index contributed by atoms with van der Waals surface area (Å²) < 4.78 is 0. The molecule has 0 aromatic carbocycles. The zero-order valence-electron chi connectivity index (χ0n) is 24.4. The van der Waals surface area contributed by atoms with Gasteiger partial charge in [-0.2, -0.15) is 0 Å². The minimum Gasteiger partial charge on any atom is -0.0885 e. The molecular weight excluding hydrogens is 410 g/mol. The van der Waals surface area contributed by atoms with E-state index in [2.05, 4.69) is 26.0 Å². The Labute approximate surface area is 218 Å². The van der Waals surface area contributed by atoms with Crippen molar-refractivity contribution in [3.8, 4) is 0 Å². The summed E-state index contributed by atoms with van der Waals surface area (Å²) in [6.07, 6.45) is 48.4. The third-order valence-electron chi connectivity index (χ3n) is 7.62. The average molecular weight is 479 g/mol. The molecule has 0 fully saturated rings. The van der Waals surface area contributed by atoms with E-state index in [1.54, 1.807) is 0 Å². The maximum Gasteiger partial charge on any atom is -0.0351 e. The van der Waals surface area contributed by atoms with Gasteiger partial charge in [-0.3, -0.25) is 0 Å². The molecule has 0 amide bonds. The lowest BCUT2D eigenvalue weighted by atomic mass is 10.0. The monoisotopic (exact) mass is 479 g/mol. The first-order valence-electron chi connectivity index (χ1n) is 16.6. The van der Waals surface area contributed by atoms with Gasteiger partial charge in [0, 0.05) is 0 Å². The van der Waals surface area contributed by atoms with Gasteiger partial charge in [0.25, 0.3) is 0 Å². The molecule has 0 N–H and O–H groups in total. The second-order valence-corrected chi connectivity index (χ2v) is 11.2. The van der Waals surface area contributed by atoms with Gasteiger partial charge < -0.3 is 0 Å². The Balaban J connectivity index is 3.04. The molecule has 0 spiro atoms. The van der Waals surface area contributed by atoms with Crippen LogP contribution in [-0.2, 0) is 0 Å². The summed E-state index contributed by atoms with van der Waals surface area (Å²) in [5, 5.41) is 0. The van der Waals surface area contributed by atoms with E-state index >= 15 is 0 Å². The molecule has 0 heterocycles. The van der Waals surface area contributed by atoms with Crippen LogP contribution >= 0.6 is 0 Å². The van der Waals surface area contributed by atoms with Crippen LogP contribution in [0.2, 0.25) is 0 Å². The molecule has 0 saturated carbocycles. The van der Waals surface area contributed by atoms with Crippen LogP contribution in [0, 0.1) is 0 Å². The molecule has 0 aromatic heterocycles. The molecule has 0 aliphatic heterocycles. The van der Waals surface area contributed by atoms with E-state index in [0.29, 0.717) is 0 Å². The fourth-order valence-corrected chi connectivity index (χ4v) is 5.15. The minimum absolute atomic E-state index is 1.31. The molecule has 0 aromatic rings. The maximum absolute atomic E-state index is 2.45. The lowest BCUT2D eigenvalue weighted by molar-refractivity contribution is 0.519. The molecular formula is C34H68. The minimum atomic E-state index is 1.31. The fraction of sp³-hybridized carbons (Fsp3) is 0.941. The SMILES string of the molecule is CCCCCCCCC=CCCCCCCCC[14CH2]CCCCCCCCCCCCCCC. The number of unbranched alkanes of at least 4 members (excludes halogenated alkanes) is 28. The topological polar surface area (TPSA) is 0 Å². The molecule has 0 saturated heterocycles. The number of hydrogen-bond acceptors (Lipinski definition) is 0. The van der Waals surface area contributed by atoms with Crippen LogP contribution in [0.5, 0.6) is 0 Å². The summed E-state index contributed by atoms with van der Waals surface area (Å²) in [7, 11) is 0. The molecule has 0 aliphatic rings. The second kappa shape index (κ2) is 32.7. The summed E-state index contributed by atoms with van der Waals surface area (Å²) in [6, 6.07) is 0. The largest absolute Gasteiger partial charge is 0.0885 e. The van der Waals surface area contributed by atoms with Gasteiger partial charge in [0.15, 0.2) is 0 Å². The van der Waals surface area contributed by atoms with Crippen LogP contribution in [0.15, 0.2) is 12.2 Å². The Morgan fingerprint density at radius 1 is 0.324 bits per heavy atom. The lowest BCUT2D eigenvalue weighted by Crippen LogP contribution is -1.84. The first-order valence-corrected chi connectivity index (χ1v) is 16.6. The molecule has 0 unspecified atom stereocenters. The molecule has 0 rings (SSSR count). The van der Waals surface area contributed by atoms with E-state index in [1.165, 1.54) is 193 Å². The molecule has 0 atom stereocenters. The smallest absolute Gasteiger partial charge is 0.0351 e. The number of allylic oxidation sites excluding steroid dienone is 2. The Bertz CT molecular complexity index is 355. The van der Waals surface area contributed by atoms with Crippen LogP contribution in [0.3, 0.4) is 0 Å². The molecule has 0 aliphatic carbocycles. The fourth-order valence-electron chi connectivity index (χ4n) is 5.15. The highest BCUT2D eigenvalue weighted by atomic mass is 14.8. The summed E-state index contributed by atoms with van der Waals surface area (Å²) in [5.41, 5.74) is 0.